The molecule has 8 unspecified atom stereocenters. The number of carbonyl (C=O) groups is 1. The van der Waals surface area contributed by atoms with Crippen molar-refractivity contribution in [1.82, 2.24) is 0 Å². The van der Waals surface area contributed by atoms with Gasteiger partial charge in [-0.3, -0.25) is 4.79 Å². The van der Waals surface area contributed by atoms with E-state index in [2.05, 4.69) is 71.9 Å². The Morgan fingerprint density at radius 2 is 1.03 bits per heavy atom. The maximum absolute atomic E-state index is 13.0. The van der Waals surface area contributed by atoms with Crippen LogP contribution in [0.5, 0.6) is 0 Å². The lowest BCUT2D eigenvalue weighted by molar-refractivity contribution is -0.151. The summed E-state index contributed by atoms with van der Waals surface area (Å²) in [6, 6.07) is 0. The summed E-state index contributed by atoms with van der Waals surface area (Å²) in [4.78, 5) is 13.0. The molecule has 0 N–H and O–H groups in total. The zero-order valence-electron chi connectivity index (χ0n) is 49.0. The number of hydrogen-bond acceptors (Lipinski definition) is 2. The van der Waals surface area contributed by atoms with Crippen LogP contribution in [0, 0.1) is 46.3 Å². The summed E-state index contributed by atoms with van der Waals surface area (Å²) in [7, 11) is 0. The van der Waals surface area contributed by atoms with Crippen molar-refractivity contribution in [2.45, 2.75) is 349 Å². The summed E-state index contributed by atoms with van der Waals surface area (Å²) in [6.45, 7) is 15.0. The average molecular weight is 986 g/mol. The van der Waals surface area contributed by atoms with Crippen molar-refractivity contribution >= 4 is 5.97 Å². The lowest BCUT2D eigenvalue weighted by Gasteiger charge is -2.58. The number of carbonyl (C=O) groups excluding carboxylic acids is 1. The fraction of sp³-hybridized carbons (Fsp3) is 0.899. The number of allylic oxidation sites excluding steroid dienone is 5. The number of hydrogen-bond donors (Lipinski definition) is 0. The second-order valence-corrected chi connectivity index (χ2v) is 26.1. The van der Waals surface area contributed by atoms with Crippen LogP contribution in [0.25, 0.3) is 0 Å². The van der Waals surface area contributed by atoms with E-state index in [1.807, 2.05) is 0 Å². The molecule has 71 heavy (non-hydrogen) atoms. The highest BCUT2D eigenvalue weighted by Gasteiger charge is 2.59. The Balaban J connectivity index is 0.847. The van der Waals surface area contributed by atoms with Gasteiger partial charge in [0.05, 0.1) is 0 Å². The van der Waals surface area contributed by atoms with Gasteiger partial charge in [-0.15, -0.1) is 0 Å². The summed E-state index contributed by atoms with van der Waals surface area (Å²) in [5, 5.41) is 0. The molecular weight excluding hydrogens is 861 g/mol. The molecule has 0 bridgehead atoms. The summed E-state index contributed by atoms with van der Waals surface area (Å²) in [5.74, 6) is 5.33. The maximum Gasteiger partial charge on any atom is 0.306 e. The molecule has 0 radical (unpaired) electrons. The van der Waals surface area contributed by atoms with Crippen LogP contribution >= 0.6 is 0 Å². The Hall–Kier alpha value is -1.31. The third kappa shape index (κ3) is 24.5. The highest BCUT2D eigenvalue weighted by molar-refractivity contribution is 5.69. The van der Waals surface area contributed by atoms with Crippen LogP contribution in [0.1, 0.15) is 343 Å². The van der Waals surface area contributed by atoms with E-state index in [9.17, 15) is 4.79 Å². The van der Waals surface area contributed by atoms with Gasteiger partial charge in [-0.2, -0.15) is 0 Å². The van der Waals surface area contributed by atoms with E-state index in [1.165, 1.54) is 270 Å². The molecule has 0 heterocycles. The van der Waals surface area contributed by atoms with Gasteiger partial charge in [0.2, 0.25) is 0 Å². The third-order valence-corrected chi connectivity index (χ3v) is 19.9. The van der Waals surface area contributed by atoms with Gasteiger partial charge in [0, 0.05) is 12.8 Å². The maximum atomic E-state index is 13.0. The number of unbranched alkanes of at least 4 members (excludes halogenated alkanes) is 32. The van der Waals surface area contributed by atoms with Gasteiger partial charge in [-0.05, 0) is 130 Å². The van der Waals surface area contributed by atoms with Crippen LogP contribution in [0.4, 0.5) is 0 Å². The van der Waals surface area contributed by atoms with Crippen LogP contribution < -0.4 is 0 Å². The van der Waals surface area contributed by atoms with Gasteiger partial charge >= 0.3 is 5.97 Å². The van der Waals surface area contributed by atoms with Crippen LogP contribution in [0.2, 0.25) is 0 Å². The van der Waals surface area contributed by atoms with Gasteiger partial charge < -0.3 is 4.74 Å². The molecule has 2 heteroatoms. The van der Waals surface area contributed by atoms with E-state index < -0.39 is 0 Å². The van der Waals surface area contributed by atoms with Gasteiger partial charge in [0.15, 0.2) is 0 Å². The Morgan fingerprint density at radius 1 is 0.549 bits per heavy atom. The average Bonchev–Trinajstić information content (AvgIpc) is 3.72. The second-order valence-electron chi connectivity index (χ2n) is 26.1. The molecule has 3 saturated carbocycles. The zero-order chi connectivity index (χ0) is 50.7. The quantitative estimate of drug-likeness (QED) is 0.0345. The minimum atomic E-state index is 0.0698. The van der Waals surface area contributed by atoms with Crippen LogP contribution in [0.15, 0.2) is 36.0 Å². The SMILES string of the molecule is CCCCCCC/C=C\C/C=C\CCCCCCCCCCCCCCCCCCCCCCCCCCCCCC(=O)OC1CCC2(C)C(=CCC3C2CCC2(C)C(C(C)CCCC(C)C)CCC32)C1. The van der Waals surface area contributed by atoms with Crippen molar-refractivity contribution in [2.75, 3.05) is 0 Å². The fourth-order valence-electron chi connectivity index (χ4n) is 15.3. The van der Waals surface area contributed by atoms with Crippen molar-refractivity contribution in [3.05, 3.63) is 36.0 Å². The lowest BCUT2D eigenvalue weighted by Crippen LogP contribution is -2.51. The number of rotatable bonds is 44. The van der Waals surface area contributed by atoms with Gasteiger partial charge in [-0.25, -0.2) is 0 Å². The molecule has 0 aromatic carbocycles. The normalized spacial score (nSPS) is 25.7. The summed E-state index contributed by atoms with van der Waals surface area (Å²) in [6.07, 6.45) is 76.2. The van der Waals surface area contributed by atoms with Gasteiger partial charge in [0.25, 0.3) is 0 Å². The molecule has 0 spiro atoms. The van der Waals surface area contributed by atoms with Crippen LogP contribution in [0.3, 0.4) is 0 Å². The van der Waals surface area contributed by atoms with Gasteiger partial charge in [0.1, 0.15) is 6.10 Å². The molecule has 0 aromatic rings. The van der Waals surface area contributed by atoms with E-state index in [4.69, 9.17) is 4.74 Å². The molecule has 0 aromatic heterocycles. The molecule has 2 nitrogen and oxygen atoms in total. The van der Waals surface area contributed by atoms with E-state index >= 15 is 0 Å². The molecule has 0 saturated heterocycles. The summed E-state index contributed by atoms with van der Waals surface area (Å²) < 4.78 is 6.19. The third-order valence-electron chi connectivity index (χ3n) is 19.9. The van der Waals surface area contributed by atoms with Crippen molar-refractivity contribution in [2.24, 2.45) is 46.3 Å². The number of ether oxygens (including phenoxy) is 1. The Bertz CT molecular complexity index is 1400. The van der Waals surface area contributed by atoms with E-state index in [0.29, 0.717) is 17.3 Å². The Morgan fingerprint density at radius 3 is 1.52 bits per heavy atom. The Kier molecular flexibility index (Phi) is 33.5. The van der Waals surface area contributed by atoms with Gasteiger partial charge in [-0.1, -0.05) is 283 Å². The molecular formula is C69H124O2. The highest BCUT2D eigenvalue weighted by Crippen LogP contribution is 2.67. The minimum absolute atomic E-state index is 0.0698. The standard InChI is InChI=1S/C69H124O2/c1-7-8-9-10-11-12-13-14-15-16-17-18-19-20-21-22-23-24-25-26-27-28-29-30-31-32-33-34-35-36-37-38-39-40-41-42-43-44-45-49-67(70)71-62-54-56-68(5)61(58-62)50-51-63-65-53-52-64(60(4)48-46-47-59(2)3)69(65,6)57-55-66(63)68/h13-14,16-17,50,59-60,62-66H,7-12,15,18-49,51-58H2,1-6H3/b14-13-,17-16-. The number of esters is 1. The van der Waals surface area contributed by atoms with E-state index in [1.54, 1.807) is 5.57 Å². The fourth-order valence-corrected chi connectivity index (χ4v) is 15.3. The zero-order valence-corrected chi connectivity index (χ0v) is 49.0. The first-order valence-electron chi connectivity index (χ1n) is 32.9. The molecule has 3 fully saturated rings. The predicted octanol–water partition coefficient (Wildman–Crippen LogP) is 23.1. The predicted molar refractivity (Wildman–Crippen MR) is 313 cm³/mol. The first-order valence-corrected chi connectivity index (χ1v) is 32.9. The molecule has 0 aliphatic heterocycles. The lowest BCUT2D eigenvalue weighted by atomic mass is 9.47. The molecule has 0 amide bonds. The van der Waals surface area contributed by atoms with Crippen LogP contribution in [-0.2, 0) is 9.53 Å². The number of fused-ring (bicyclic) bond motifs is 5. The highest BCUT2D eigenvalue weighted by atomic mass is 16.5. The van der Waals surface area contributed by atoms with Crippen LogP contribution in [-0.4, -0.2) is 12.1 Å². The van der Waals surface area contributed by atoms with E-state index in [-0.39, 0.29) is 12.1 Å². The van der Waals surface area contributed by atoms with Crippen molar-refractivity contribution in [1.29, 1.82) is 0 Å². The topological polar surface area (TPSA) is 26.3 Å². The molecule has 4 rings (SSSR count). The van der Waals surface area contributed by atoms with E-state index in [0.717, 1.165) is 61.2 Å². The summed E-state index contributed by atoms with van der Waals surface area (Å²) in [5.41, 5.74) is 2.53. The van der Waals surface area contributed by atoms with Crippen molar-refractivity contribution in [3.8, 4) is 0 Å². The second kappa shape index (κ2) is 38.3. The largest absolute Gasteiger partial charge is 0.462 e. The minimum Gasteiger partial charge on any atom is -0.462 e. The molecule has 8 atom stereocenters. The van der Waals surface area contributed by atoms with Crippen molar-refractivity contribution in [3.63, 3.8) is 0 Å². The van der Waals surface area contributed by atoms with Crippen molar-refractivity contribution < 1.29 is 9.53 Å². The molecule has 4 aliphatic carbocycles. The molecule has 4 aliphatic rings. The summed E-state index contributed by atoms with van der Waals surface area (Å²) >= 11 is 0. The monoisotopic (exact) mass is 985 g/mol. The smallest absolute Gasteiger partial charge is 0.306 e. The molecule has 412 valence electrons. The first kappa shape index (κ1) is 62.2. The first-order chi connectivity index (χ1) is 34.7. The Labute approximate surface area is 445 Å².